The third kappa shape index (κ3) is 5.22. The Morgan fingerprint density at radius 3 is 2.97 bits per heavy atom. The van der Waals surface area contributed by atoms with Crippen LogP contribution in [0.15, 0.2) is 53.9 Å². The highest BCUT2D eigenvalue weighted by Gasteiger charge is 2.29. The average molecular weight is 457 g/mol. The van der Waals surface area contributed by atoms with Crippen molar-refractivity contribution in [1.82, 2.24) is 19.9 Å². The van der Waals surface area contributed by atoms with Gasteiger partial charge in [0.25, 0.3) is 5.91 Å². The second-order valence-electron chi connectivity index (χ2n) is 7.55. The molecule has 0 saturated carbocycles. The number of amides is 1. The van der Waals surface area contributed by atoms with E-state index < -0.39 is 5.82 Å². The van der Waals surface area contributed by atoms with Crippen molar-refractivity contribution in [3.63, 3.8) is 0 Å². The van der Waals surface area contributed by atoms with E-state index in [1.54, 1.807) is 11.1 Å². The van der Waals surface area contributed by atoms with Gasteiger partial charge in [-0.1, -0.05) is 29.4 Å². The van der Waals surface area contributed by atoms with Crippen LogP contribution in [0, 0.1) is 12.7 Å². The summed E-state index contributed by atoms with van der Waals surface area (Å²) < 4.78 is 14.2. The lowest BCUT2D eigenvalue weighted by atomic mass is 9.92. The number of piperidine rings is 1. The Kier molecular flexibility index (Phi) is 6.83. The van der Waals surface area contributed by atoms with E-state index in [1.807, 2.05) is 31.3 Å². The molecule has 1 aliphatic heterocycles. The number of thioether (sulfide) groups is 1. The largest absolute Gasteiger partial charge is 0.338 e. The van der Waals surface area contributed by atoms with Gasteiger partial charge in [-0.3, -0.25) is 9.78 Å². The molecule has 31 heavy (non-hydrogen) atoms. The van der Waals surface area contributed by atoms with Crippen LogP contribution >= 0.6 is 23.4 Å². The summed E-state index contributed by atoms with van der Waals surface area (Å²) in [4.78, 5) is 28.2. The number of aryl methyl sites for hydroxylation is 1. The first kappa shape index (κ1) is 21.7. The van der Waals surface area contributed by atoms with Crippen LogP contribution in [0.5, 0.6) is 0 Å². The quantitative estimate of drug-likeness (QED) is 0.386. The van der Waals surface area contributed by atoms with E-state index in [9.17, 15) is 9.18 Å². The first-order valence-corrected chi connectivity index (χ1v) is 11.5. The minimum atomic E-state index is -0.553. The molecule has 1 aliphatic rings. The predicted octanol–water partition coefficient (Wildman–Crippen LogP) is 5.28. The fourth-order valence-electron chi connectivity index (χ4n) is 3.76. The van der Waals surface area contributed by atoms with Gasteiger partial charge < -0.3 is 4.90 Å². The van der Waals surface area contributed by atoms with E-state index in [2.05, 4.69) is 9.97 Å². The van der Waals surface area contributed by atoms with Crippen LogP contribution in [0.4, 0.5) is 4.39 Å². The summed E-state index contributed by atoms with van der Waals surface area (Å²) >= 11 is 7.51. The molecule has 0 spiro atoms. The van der Waals surface area contributed by atoms with Crippen LogP contribution < -0.4 is 0 Å². The first-order chi connectivity index (χ1) is 15.0. The van der Waals surface area contributed by atoms with Gasteiger partial charge in [-0.2, -0.15) is 0 Å². The fraction of sp³-hybridized carbons (Fsp3) is 0.304. The maximum Gasteiger partial charge on any atom is 0.256 e. The lowest BCUT2D eigenvalue weighted by Crippen LogP contribution is -2.39. The lowest BCUT2D eigenvalue weighted by molar-refractivity contribution is 0.0700. The number of rotatable bonds is 5. The molecule has 0 N–H and O–H groups in total. The van der Waals surface area contributed by atoms with Crippen LogP contribution in [0.1, 0.15) is 46.1 Å². The van der Waals surface area contributed by atoms with Gasteiger partial charge in [0.15, 0.2) is 5.16 Å². The minimum absolute atomic E-state index is 0.0131. The Balaban J connectivity index is 1.50. The zero-order valence-electron chi connectivity index (χ0n) is 17.1. The average Bonchev–Trinajstić information content (AvgIpc) is 2.80. The third-order valence-electron chi connectivity index (χ3n) is 5.32. The fourth-order valence-corrected chi connectivity index (χ4v) is 4.67. The maximum absolute atomic E-state index is 14.2. The number of aromatic nitrogens is 3. The summed E-state index contributed by atoms with van der Waals surface area (Å²) in [5.74, 6) is -0.117. The molecule has 1 fully saturated rings. The molecule has 1 amide bonds. The Hall–Kier alpha value is -2.51. The van der Waals surface area contributed by atoms with E-state index in [-0.39, 0.29) is 17.4 Å². The molecule has 3 aromatic rings. The third-order valence-corrected chi connectivity index (χ3v) is 6.45. The van der Waals surface area contributed by atoms with Gasteiger partial charge >= 0.3 is 0 Å². The lowest BCUT2D eigenvalue weighted by Gasteiger charge is -2.33. The number of hydrogen-bond acceptors (Lipinski definition) is 5. The highest BCUT2D eigenvalue weighted by Crippen LogP contribution is 2.30. The van der Waals surface area contributed by atoms with Gasteiger partial charge in [0, 0.05) is 42.2 Å². The van der Waals surface area contributed by atoms with Gasteiger partial charge in [-0.05, 0) is 55.7 Å². The summed E-state index contributed by atoms with van der Waals surface area (Å²) in [6.45, 7) is 3.07. The second-order valence-corrected chi connectivity index (χ2v) is 8.92. The highest BCUT2D eigenvalue weighted by molar-refractivity contribution is 7.98. The smallest absolute Gasteiger partial charge is 0.256 e. The summed E-state index contributed by atoms with van der Waals surface area (Å²) in [6.07, 6.45) is 5.36. The Labute approximate surface area is 190 Å². The molecule has 4 rings (SSSR count). The first-order valence-electron chi connectivity index (χ1n) is 10.1. The molecule has 0 aliphatic carbocycles. The monoisotopic (exact) mass is 456 g/mol. The molecule has 3 heterocycles. The van der Waals surface area contributed by atoms with Crippen molar-refractivity contribution in [3.8, 4) is 0 Å². The Morgan fingerprint density at radius 2 is 2.16 bits per heavy atom. The summed E-state index contributed by atoms with van der Waals surface area (Å²) in [6, 6.07) is 9.89. The molecule has 1 saturated heterocycles. The number of halogens is 2. The zero-order chi connectivity index (χ0) is 21.8. The number of benzene rings is 1. The number of pyridine rings is 1. The van der Waals surface area contributed by atoms with Crippen molar-refractivity contribution >= 4 is 29.3 Å². The highest BCUT2D eigenvalue weighted by atomic mass is 35.5. The van der Waals surface area contributed by atoms with Gasteiger partial charge in [0.2, 0.25) is 0 Å². The number of carbonyl (C=O) groups excluding carboxylic acids is 1. The molecule has 1 aromatic carbocycles. The van der Waals surface area contributed by atoms with Crippen molar-refractivity contribution in [2.45, 2.75) is 36.6 Å². The summed E-state index contributed by atoms with van der Waals surface area (Å²) in [5.41, 5.74) is 2.92. The number of hydrogen-bond donors (Lipinski definition) is 0. The van der Waals surface area contributed by atoms with Crippen LogP contribution in [0.3, 0.4) is 0 Å². The van der Waals surface area contributed by atoms with E-state index in [1.165, 1.54) is 30.0 Å². The second kappa shape index (κ2) is 9.75. The van der Waals surface area contributed by atoms with E-state index >= 15 is 0 Å². The molecule has 5 nitrogen and oxygen atoms in total. The molecule has 8 heteroatoms. The van der Waals surface area contributed by atoms with E-state index in [0.29, 0.717) is 29.0 Å². The normalized spacial score (nSPS) is 16.4. The van der Waals surface area contributed by atoms with Crippen LogP contribution in [-0.4, -0.2) is 38.8 Å². The standard InChI is InChI=1S/C23H22ClFN4OS/c1-15-12-27-23(31-14-18-6-2-3-9-26-18)28-21(15)16-5-4-10-29(13-16)22(30)19-11-17(24)7-8-20(19)25/h2-3,6-9,11-12,16H,4-5,10,13-14H2,1H3. The van der Waals surface area contributed by atoms with Crippen molar-refractivity contribution in [1.29, 1.82) is 0 Å². The minimum Gasteiger partial charge on any atom is -0.338 e. The summed E-state index contributed by atoms with van der Waals surface area (Å²) in [7, 11) is 0. The Bertz CT molecular complexity index is 1080. The van der Waals surface area contributed by atoms with Gasteiger partial charge in [0.1, 0.15) is 5.82 Å². The Morgan fingerprint density at radius 1 is 1.29 bits per heavy atom. The van der Waals surface area contributed by atoms with Crippen molar-refractivity contribution in [3.05, 3.63) is 82.1 Å². The molecule has 0 radical (unpaired) electrons. The van der Waals surface area contributed by atoms with Gasteiger partial charge in [-0.15, -0.1) is 0 Å². The van der Waals surface area contributed by atoms with Crippen LogP contribution in [0.2, 0.25) is 5.02 Å². The van der Waals surface area contributed by atoms with E-state index in [4.69, 9.17) is 16.6 Å². The molecule has 1 unspecified atom stereocenters. The van der Waals surface area contributed by atoms with E-state index in [0.717, 1.165) is 29.8 Å². The number of nitrogens with zero attached hydrogens (tertiary/aromatic N) is 4. The van der Waals surface area contributed by atoms with Crippen molar-refractivity contribution in [2.75, 3.05) is 13.1 Å². The number of carbonyl (C=O) groups is 1. The maximum atomic E-state index is 14.2. The molecule has 160 valence electrons. The molecule has 1 atom stereocenters. The predicted molar refractivity (Wildman–Crippen MR) is 120 cm³/mol. The molecule has 2 aromatic heterocycles. The van der Waals surface area contributed by atoms with Crippen LogP contribution in [0.25, 0.3) is 0 Å². The molecule has 0 bridgehead atoms. The molecular weight excluding hydrogens is 435 g/mol. The summed E-state index contributed by atoms with van der Waals surface area (Å²) in [5, 5.41) is 1.04. The SMILES string of the molecule is Cc1cnc(SCc2ccccn2)nc1C1CCCN(C(=O)c2cc(Cl)ccc2F)C1. The van der Waals surface area contributed by atoms with Crippen molar-refractivity contribution in [2.24, 2.45) is 0 Å². The zero-order valence-corrected chi connectivity index (χ0v) is 18.7. The topological polar surface area (TPSA) is 59.0 Å². The van der Waals surface area contributed by atoms with Crippen molar-refractivity contribution < 1.29 is 9.18 Å². The van der Waals surface area contributed by atoms with Gasteiger partial charge in [0.05, 0.1) is 17.0 Å². The molecular formula is C23H22ClFN4OS. The van der Waals surface area contributed by atoms with Crippen LogP contribution in [-0.2, 0) is 5.75 Å². The van der Waals surface area contributed by atoms with Gasteiger partial charge in [-0.25, -0.2) is 14.4 Å². The number of likely N-dealkylation sites (tertiary alicyclic amines) is 1.